The number of benzene rings is 1. The Morgan fingerprint density at radius 1 is 1.20 bits per heavy atom. The number of aromatic nitrogens is 3. The summed E-state index contributed by atoms with van der Waals surface area (Å²) in [4.78, 5) is 21.9. The molecule has 1 N–H and O–H groups in total. The van der Waals surface area contributed by atoms with Crippen molar-refractivity contribution in [2.75, 3.05) is 5.32 Å². The summed E-state index contributed by atoms with van der Waals surface area (Å²) in [6.45, 7) is 7.43. The van der Waals surface area contributed by atoms with Gasteiger partial charge < -0.3 is 9.88 Å². The largest absolute Gasteiger partial charge is 0.363 e. The average molecular weight is 477 g/mol. The van der Waals surface area contributed by atoms with Gasteiger partial charge in [0.15, 0.2) is 0 Å². The van der Waals surface area contributed by atoms with Crippen molar-refractivity contribution in [2.45, 2.75) is 58.5 Å². The van der Waals surface area contributed by atoms with Gasteiger partial charge in [0, 0.05) is 17.3 Å². The molecule has 0 aliphatic heterocycles. The van der Waals surface area contributed by atoms with Crippen LogP contribution in [0.15, 0.2) is 33.7 Å². The summed E-state index contributed by atoms with van der Waals surface area (Å²) < 4.78 is 28.8. The smallest absolute Gasteiger partial charge is 0.267 e. The predicted octanol–water partition coefficient (Wildman–Crippen LogP) is 5.79. The van der Waals surface area contributed by atoms with E-state index in [1.165, 1.54) is 6.07 Å². The molecule has 0 bridgehead atoms. The lowest BCUT2D eigenvalue weighted by Gasteiger charge is -2.21. The normalized spacial score (nSPS) is 16.1. The first kappa shape index (κ1) is 20.9. The van der Waals surface area contributed by atoms with Crippen molar-refractivity contribution in [3.05, 3.63) is 61.7 Å². The van der Waals surface area contributed by atoms with Gasteiger partial charge in [-0.25, -0.2) is 18.7 Å². The first-order valence-electron chi connectivity index (χ1n) is 9.86. The second-order valence-corrected chi connectivity index (χ2v) is 9.02. The van der Waals surface area contributed by atoms with E-state index >= 15 is 0 Å². The van der Waals surface area contributed by atoms with Gasteiger partial charge in [0.25, 0.3) is 12.0 Å². The molecule has 30 heavy (non-hydrogen) atoms. The Morgan fingerprint density at radius 3 is 2.50 bits per heavy atom. The molecule has 8 heteroatoms. The molecule has 0 amide bonds. The Bertz CT molecular complexity index is 1200. The van der Waals surface area contributed by atoms with Crippen LogP contribution in [0.3, 0.4) is 0 Å². The Balaban J connectivity index is 1.82. The quantitative estimate of drug-likeness (QED) is 0.506. The van der Waals surface area contributed by atoms with E-state index in [9.17, 15) is 13.6 Å². The van der Waals surface area contributed by atoms with E-state index in [4.69, 9.17) is 0 Å². The third-order valence-electron chi connectivity index (χ3n) is 5.96. The van der Waals surface area contributed by atoms with Gasteiger partial charge in [0.2, 0.25) is 0 Å². The minimum atomic E-state index is -2.52. The van der Waals surface area contributed by atoms with E-state index in [1.807, 2.05) is 19.2 Å². The Hall–Kier alpha value is -2.35. The highest BCUT2D eigenvalue weighted by Gasteiger charge is 2.40. The van der Waals surface area contributed by atoms with E-state index < -0.39 is 6.43 Å². The summed E-state index contributed by atoms with van der Waals surface area (Å²) in [5, 5.41) is 4.08. The van der Waals surface area contributed by atoms with Crippen LogP contribution in [0.5, 0.6) is 0 Å². The molecule has 2 aromatic heterocycles. The third kappa shape index (κ3) is 3.51. The van der Waals surface area contributed by atoms with Crippen LogP contribution in [0.4, 0.5) is 14.6 Å². The number of hydrogen-bond acceptors (Lipinski definition) is 4. The average Bonchev–Trinajstić information content (AvgIpc) is 3.43. The van der Waals surface area contributed by atoms with E-state index in [-0.39, 0.29) is 22.7 Å². The number of pyridine rings is 1. The molecule has 1 saturated carbocycles. The minimum absolute atomic E-state index is 0.0307. The number of hydrogen-bond donors (Lipinski definition) is 1. The zero-order chi connectivity index (χ0) is 21.8. The SMILES string of the molecule is Cc1nc(N[C@H](C)c2cccc(C(F)F)c2C)c2cn(C3(C)CC3)c(=O)c(Br)c2n1. The van der Waals surface area contributed by atoms with Gasteiger partial charge in [0.05, 0.1) is 16.9 Å². The van der Waals surface area contributed by atoms with Crippen molar-refractivity contribution in [3.63, 3.8) is 0 Å². The van der Waals surface area contributed by atoms with Crippen LogP contribution in [-0.4, -0.2) is 14.5 Å². The summed E-state index contributed by atoms with van der Waals surface area (Å²) in [6.07, 6.45) is 1.17. The standard InChI is InChI=1S/C22H23BrF2N4O/c1-11-14(6-5-7-15(11)19(24)25)12(2)26-20-16-10-29(22(4)8-9-22)21(30)17(23)18(16)27-13(3)28-20/h5-7,10,12,19H,8-9H2,1-4H3,(H,26,27,28)/t12-/m1/s1. The van der Waals surface area contributed by atoms with Crippen molar-refractivity contribution >= 4 is 32.7 Å². The molecule has 1 fully saturated rings. The van der Waals surface area contributed by atoms with E-state index in [0.717, 1.165) is 23.8 Å². The lowest BCUT2D eigenvalue weighted by Crippen LogP contribution is -2.29. The van der Waals surface area contributed by atoms with Crippen LogP contribution in [0.1, 0.15) is 61.7 Å². The Morgan fingerprint density at radius 2 is 1.87 bits per heavy atom. The lowest BCUT2D eigenvalue weighted by molar-refractivity contribution is 0.150. The summed E-state index contributed by atoms with van der Waals surface area (Å²) in [5.74, 6) is 1.09. The van der Waals surface area contributed by atoms with Crippen LogP contribution < -0.4 is 10.9 Å². The van der Waals surface area contributed by atoms with E-state index in [1.54, 1.807) is 24.5 Å². The maximum atomic E-state index is 13.3. The number of fused-ring (bicyclic) bond motifs is 1. The van der Waals surface area contributed by atoms with E-state index in [0.29, 0.717) is 27.2 Å². The van der Waals surface area contributed by atoms with Crippen molar-refractivity contribution in [1.29, 1.82) is 0 Å². The molecule has 5 nitrogen and oxygen atoms in total. The molecule has 1 atom stereocenters. The van der Waals surface area contributed by atoms with Gasteiger partial charge in [-0.15, -0.1) is 0 Å². The Labute approximate surface area is 181 Å². The summed E-state index contributed by atoms with van der Waals surface area (Å²) in [7, 11) is 0. The number of halogens is 3. The molecule has 0 spiro atoms. The molecule has 3 aromatic rings. The first-order valence-corrected chi connectivity index (χ1v) is 10.7. The summed E-state index contributed by atoms with van der Waals surface area (Å²) in [5.41, 5.74) is 1.61. The van der Waals surface area contributed by atoms with Crippen LogP contribution in [-0.2, 0) is 5.54 Å². The van der Waals surface area contributed by atoms with Crippen LogP contribution in [0.25, 0.3) is 10.9 Å². The molecule has 4 rings (SSSR count). The lowest BCUT2D eigenvalue weighted by atomic mass is 9.97. The number of nitrogens with zero attached hydrogens (tertiary/aromatic N) is 3. The van der Waals surface area contributed by atoms with Gasteiger partial charge in [0.1, 0.15) is 16.1 Å². The fourth-order valence-corrected chi connectivity index (χ4v) is 4.35. The zero-order valence-corrected chi connectivity index (χ0v) is 18.8. The summed E-state index contributed by atoms with van der Waals surface area (Å²) in [6, 6.07) is 4.67. The van der Waals surface area contributed by atoms with Crippen molar-refractivity contribution in [1.82, 2.24) is 14.5 Å². The number of nitrogens with one attached hydrogen (secondary N) is 1. The number of rotatable bonds is 5. The zero-order valence-electron chi connectivity index (χ0n) is 17.3. The molecule has 0 radical (unpaired) electrons. The fourth-order valence-electron chi connectivity index (χ4n) is 3.86. The van der Waals surface area contributed by atoms with Crippen LogP contribution in [0, 0.1) is 13.8 Å². The maximum absolute atomic E-state index is 13.3. The number of anilines is 1. The predicted molar refractivity (Wildman–Crippen MR) is 117 cm³/mol. The third-order valence-corrected chi connectivity index (χ3v) is 6.67. The molecular weight excluding hydrogens is 454 g/mol. The molecule has 1 aliphatic rings. The highest BCUT2D eigenvalue weighted by Crippen LogP contribution is 2.43. The van der Waals surface area contributed by atoms with Gasteiger partial charge in [-0.2, -0.15) is 0 Å². The summed E-state index contributed by atoms with van der Waals surface area (Å²) >= 11 is 3.43. The highest BCUT2D eigenvalue weighted by molar-refractivity contribution is 9.10. The molecule has 1 aliphatic carbocycles. The van der Waals surface area contributed by atoms with Gasteiger partial charge >= 0.3 is 0 Å². The molecule has 2 heterocycles. The van der Waals surface area contributed by atoms with E-state index in [2.05, 4.69) is 38.1 Å². The number of aryl methyl sites for hydroxylation is 1. The van der Waals surface area contributed by atoms with Gasteiger partial charge in [-0.1, -0.05) is 18.2 Å². The molecule has 1 aromatic carbocycles. The second kappa shape index (κ2) is 7.41. The topological polar surface area (TPSA) is 59.8 Å². The Kier molecular flexibility index (Phi) is 5.16. The monoisotopic (exact) mass is 476 g/mol. The maximum Gasteiger partial charge on any atom is 0.267 e. The van der Waals surface area contributed by atoms with Gasteiger partial charge in [-0.3, -0.25) is 4.79 Å². The first-order chi connectivity index (χ1) is 14.1. The second-order valence-electron chi connectivity index (χ2n) is 8.23. The van der Waals surface area contributed by atoms with Crippen LogP contribution >= 0.6 is 15.9 Å². The highest BCUT2D eigenvalue weighted by atomic mass is 79.9. The molecule has 0 saturated heterocycles. The van der Waals surface area contributed by atoms with Crippen molar-refractivity contribution < 1.29 is 8.78 Å². The van der Waals surface area contributed by atoms with Crippen molar-refractivity contribution in [2.24, 2.45) is 0 Å². The van der Waals surface area contributed by atoms with Gasteiger partial charge in [-0.05, 0) is 67.6 Å². The fraction of sp³-hybridized carbons (Fsp3) is 0.409. The molecular formula is C22H23BrF2N4O. The number of alkyl halides is 2. The minimum Gasteiger partial charge on any atom is -0.363 e. The van der Waals surface area contributed by atoms with Crippen molar-refractivity contribution in [3.8, 4) is 0 Å². The molecule has 158 valence electrons. The van der Waals surface area contributed by atoms with Crippen LogP contribution in [0.2, 0.25) is 0 Å². The molecule has 0 unspecified atom stereocenters.